The minimum atomic E-state index is -1.51. The summed E-state index contributed by atoms with van der Waals surface area (Å²) in [5, 5.41) is 13.6. The van der Waals surface area contributed by atoms with Crippen molar-refractivity contribution >= 4 is 93.3 Å². The third kappa shape index (κ3) is 8.05. The first-order valence-electron chi connectivity index (χ1n) is 11.7. The van der Waals surface area contributed by atoms with Crippen LogP contribution in [0, 0.1) is 0 Å². The van der Waals surface area contributed by atoms with E-state index in [0.717, 1.165) is 12.8 Å². The molecule has 40 heavy (non-hydrogen) atoms. The standard InChI is InChI=1S/C27H22Cl4N2O6S/c1-2-3-11-39-27(38)14-7-9-15(10-8-14)32-18(34)13-40-17-6-4-5-16(12-17)33-25(35)19-20(26(36)37)22(29)24(31)23(30)21(19)28/h4-10,12H,2-3,11,13H2,1H3,(H,32,34)(H,33,35)(H,36,37). The van der Waals surface area contributed by atoms with Crippen molar-refractivity contribution in [1.29, 1.82) is 0 Å². The van der Waals surface area contributed by atoms with E-state index in [4.69, 9.17) is 51.1 Å². The number of amides is 2. The van der Waals surface area contributed by atoms with Crippen LogP contribution >= 0.6 is 58.2 Å². The minimum Gasteiger partial charge on any atom is -0.478 e. The fourth-order valence-corrected chi connectivity index (χ4v) is 5.11. The van der Waals surface area contributed by atoms with Gasteiger partial charge >= 0.3 is 11.9 Å². The number of thioether (sulfide) groups is 1. The largest absolute Gasteiger partial charge is 0.478 e. The quantitative estimate of drug-likeness (QED) is 0.0637. The Bertz CT molecular complexity index is 1450. The second-order valence-corrected chi connectivity index (χ2v) is 10.8. The molecule has 3 aromatic carbocycles. The summed E-state index contributed by atoms with van der Waals surface area (Å²) in [5.41, 5.74) is 0.199. The van der Waals surface area contributed by atoms with E-state index in [9.17, 15) is 24.3 Å². The first-order valence-corrected chi connectivity index (χ1v) is 14.2. The van der Waals surface area contributed by atoms with E-state index < -0.39 is 34.0 Å². The van der Waals surface area contributed by atoms with Crippen LogP contribution in [-0.2, 0) is 9.53 Å². The molecule has 210 valence electrons. The molecular formula is C27H22Cl4N2O6S. The lowest BCUT2D eigenvalue weighted by Gasteiger charge is -2.14. The Hall–Kier alpha value is -2.95. The third-order valence-electron chi connectivity index (χ3n) is 5.31. The number of halogens is 4. The second-order valence-electron chi connectivity index (χ2n) is 8.20. The van der Waals surface area contributed by atoms with Crippen LogP contribution in [0.4, 0.5) is 11.4 Å². The van der Waals surface area contributed by atoms with E-state index in [1.165, 1.54) is 11.8 Å². The first-order chi connectivity index (χ1) is 19.0. The van der Waals surface area contributed by atoms with Gasteiger partial charge in [0.1, 0.15) is 0 Å². The van der Waals surface area contributed by atoms with E-state index in [1.54, 1.807) is 48.5 Å². The molecule has 0 heterocycles. The zero-order valence-corrected chi connectivity index (χ0v) is 24.7. The number of carboxylic acids is 1. The molecule has 2 amide bonds. The number of aromatic carboxylic acids is 1. The topological polar surface area (TPSA) is 122 Å². The predicted molar refractivity (Wildman–Crippen MR) is 159 cm³/mol. The van der Waals surface area contributed by atoms with Crippen molar-refractivity contribution in [1.82, 2.24) is 0 Å². The van der Waals surface area contributed by atoms with Crippen LogP contribution in [0.25, 0.3) is 0 Å². The molecule has 13 heteroatoms. The average Bonchev–Trinajstić information content (AvgIpc) is 2.93. The molecule has 8 nitrogen and oxygen atoms in total. The molecule has 0 saturated carbocycles. The Labute approximate surface area is 254 Å². The van der Waals surface area contributed by atoms with Crippen LogP contribution in [0.1, 0.15) is 50.8 Å². The zero-order chi connectivity index (χ0) is 29.4. The number of nitrogens with one attached hydrogen (secondary N) is 2. The van der Waals surface area contributed by atoms with Gasteiger partial charge in [-0.3, -0.25) is 9.59 Å². The van der Waals surface area contributed by atoms with E-state index in [1.807, 2.05) is 6.92 Å². The lowest BCUT2D eigenvalue weighted by Crippen LogP contribution is -2.18. The second kappa shape index (κ2) is 14.6. The Morgan fingerprint density at radius 1 is 0.850 bits per heavy atom. The van der Waals surface area contributed by atoms with Crippen molar-refractivity contribution in [2.75, 3.05) is 23.0 Å². The summed E-state index contributed by atoms with van der Waals surface area (Å²) in [6.07, 6.45) is 1.71. The number of esters is 1. The average molecular weight is 644 g/mol. The number of hydrogen-bond donors (Lipinski definition) is 3. The van der Waals surface area contributed by atoms with E-state index in [0.29, 0.717) is 28.4 Å². The first kappa shape index (κ1) is 31.6. The zero-order valence-electron chi connectivity index (χ0n) is 20.9. The molecule has 0 spiro atoms. The molecular weight excluding hydrogens is 622 g/mol. The fourth-order valence-electron chi connectivity index (χ4n) is 3.33. The number of carbonyl (C=O) groups excluding carboxylic acids is 3. The smallest absolute Gasteiger partial charge is 0.338 e. The Morgan fingerprint density at radius 2 is 1.50 bits per heavy atom. The monoisotopic (exact) mass is 642 g/mol. The highest BCUT2D eigenvalue weighted by Gasteiger charge is 2.29. The van der Waals surface area contributed by atoms with Crippen LogP contribution in [0.15, 0.2) is 53.4 Å². The van der Waals surface area contributed by atoms with Crippen LogP contribution in [0.5, 0.6) is 0 Å². The van der Waals surface area contributed by atoms with Gasteiger partial charge in [-0.2, -0.15) is 0 Å². The van der Waals surface area contributed by atoms with Gasteiger partial charge in [-0.1, -0.05) is 65.8 Å². The molecule has 0 radical (unpaired) electrons. The summed E-state index contributed by atoms with van der Waals surface area (Å²) in [6.45, 7) is 2.36. The Balaban J connectivity index is 1.62. The number of carboxylic acid groups (broad SMARTS) is 1. The van der Waals surface area contributed by atoms with Crippen molar-refractivity contribution in [3.8, 4) is 0 Å². The maximum atomic E-state index is 13.0. The molecule has 0 unspecified atom stereocenters. The number of anilines is 2. The fraction of sp³-hybridized carbons (Fsp3) is 0.185. The van der Waals surface area contributed by atoms with Crippen molar-refractivity contribution < 1.29 is 29.0 Å². The van der Waals surface area contributed by atoms with Crippen molar-refractivity contribution in [3.63, 3.8) is 0 Å². The summed E-state index contributed by atoms with van der Waals surface area (Å²) in [5.74, 6) is -3.03. The van der Waals surface area contributed by atoms with Gasteiger partial charge in [-0.05, 0) is 48.9 Å². The highest BCUT2D eigenvalue weighted by atomic mass is 35.5. The molecule has 3 rings (SSSR count). The molecule has 0 aliphatic heterocycles. The van der Waals surface area contributed by atoms with E-state index in [2.05, 4.69) is 10.6 Å². The molecule has 0 aromatic heterocycles. The van der Waals surface area contributed by atoms with Gasteiger partial charge in [-0.25, -0.2) is 9.59 Å². The summed E-state index contributed by atoms with van der Waals surface area (Å²) in [6, 6.07) is 12.9. The van der Waals surface area contributed by atoms with Crippen LogP contribution in [0.2, 0.25) is 20.1 Å². The number of benzene rings is 3. The molecule has 3 N–H and O–H groups in total. The SMILES string of the molecule is CCCCOC(=O)c1ccc(NC(=O)CSc2cccc(NC(=O)c3c(Cl)c(Cl)c(Cl)c(Cl)c3C(=O)O)c2)cc1. The van der Waals surface area contributed by atoms with Crippen molar-refractivity contribution in [2.24, 2.45) is 0 Å². The molecule has 3 aromatic rings. The number of unbranched alkanes of at least 4 members (excludes halogenated alkanes) is 1. The van der Waals surface area contributed by atoms with E-state index >= 15 is 0 Å². The highest BCUT2D eigenvalue weighted by Crippen LogP contribution is 2.42. The normalized spacial score (nSPS) is 10.6. The molecule has 0 saturated heterocycles. The Kier molecular flexibility index (Phi) is 11.5. The summed E-state index contributed by atoms with van der Waals surface area (Å²) >= 11 is 25.3. The van der Waals surface area contributed by atoms with Gasteiger partial charge in [0.15, 0.2) is 0 Å². The molecule has 0 aliphatic rings. The highest BCUT2D eigenvalue weighted by molar-refractivity contribution is 8.00. The van der Waals surface area contributed by atoms with Crippen LogP contribution in [0.3, 0.4) is 0 Å². The molecule has 0 atom stereocenters. The van der Waals surface area contributed by atoms with Gasteiger partial charge in [0.05, 0.1) is 49.1 Å². The number of hydrogen-bond acceptors (Lipinski definition) is 6. The van der Waals surface area contributed by atoms with Crippen LogP contribution in [-0.4, -0.2) is 41.2 Å². The summed E-state index contributed by atoms with van der Waals surface area (Å²) < 4.78 is 5.17. The number of rotatable bonds is 11. The maximum absolute atomic E-state index is 13.0. The maximum Gasteiger partial charge on any atom is 0.338 e. The number of ether oxygens (including phenoxy) is 1. The van der Waals surface area contributed by atoms with Crippen molar-refractivity contribution in [3.05, 3.63) is 85.3 Å². The third-order valence-corrected chi connectivity index (χ3v) is 8.10. The van der Waals surface area contributed by atoms with Gasteiger partial charge in [-0.15, -0.1) is 11.8 Å². The van der Waals surface area contributed by atoms with Gasteiger partial charge in [0, 0.05) is 16.3 Å². The van der Waals surface area contributed by atoms with E-state index in [-0.39, 0.29) is 26.7 Å². The molecule has 0 fully saturated rings. The minimum absolute atomic E-state index is 0.0512. The lowest BCUT2D eigenvalue weighted by atomic mass is 10.1. The molecule has 0 bridgehead atoms. The molecule has 0 aliphatic carbocycles. The predicted octanol–water partition coefficient (Wildman–Crippen LogP) is 7.94. The van der Waals surface area contributed by atoms with Gasteiger partial charge in [0.2, 0.25) is 5.91 Å². The van der Waals surface area contributed by atoms with Crippen molar-refractivity contribution in [2.45, 2.75) is 24.7 Å². The number of carbonyl (C=O) groups is 4. The summed E-state index contributed by atoms with van der Waals surface area (Å²) in [7, 11) is 0. The lowest BCUT2D eigenvalue weighted by molar-refractivity contribution is -0.113. The Morgan fingerprint density at radius 3 is 2.12 bits per heavy atom. The summed E-state index contributed by atoms with van der Waals surface area (Å²) in [4.78, 5) is 49.8. The van der Waals surface area contributed by atoms with Gasteiger partial charge < -0.3 is 20.5 Å². The van der Waals surface area contributed by atoms with Crippen LogP contribution < -0.4 is 10.6 Å². The van der Waals surface area contributed by atoms with Gasteiger partial charge in [0.25, 0.3) is 5.91 Å².